The number of benzene rings is 2. The average molecular weight is 405 g/mol. The highest BCUT2D eigenvalue weighted by atomic mass is 35.5. The van der Waals surface area contributed by atoms with E-state index in [4.69, 9.17) is 23.2 Å². The number of para-hydroxylation sites is 1. The quantitative estimate of drug-likeness (QED) is 0.549. The number of carbonyl (C=O) groups excluding carboxylic acids is 1. The number of halogens is 2. The van der Waals surface area contributed by atoms with Crippen molar-refractivity contribution in [1.82, 2.24) is 15.3 Å². The Hall–Kier alpha value is -2.15. The number of imidazole rings is 1. The predicted octanol–water partition coefficient (Wildman–Crippen LogP) is 4.78. The van der Waals surface area contributed by atoms with Crippen LogP contribution in [0.1, 0.15) is 11.4 Å². The number of rotatable bonds is 3. The van der Waals surface area contributed by atoms with E-state index in [0.29, 0.717) is 20.6 Å². The molecule has 1 atom stereocenters. The monoisotopic (exact) mass is 404 g/mol. The molecule has 132 valence electrons. The molecule has 0 spiro atoms. The molecular formula is C18H14Cl2N4OS. The molecule has 0 saturated carbocycles. The Morgan fingerprint density at radius 1 is 1.23 bits per heavy atom. The first-order valence-electron chi connectivity index (χ1n) is 7.86. The second-order valence-electron chi connectivity index (χ2n) is 5.82. The van der Waals surface area contributed by atoms with Gasteiger partial charge in [-0.05, 0) is 42.8 Å². The first kappa shape index (κ1) is 17.3. The Bertz CT molecular complexity index is 1030. The predicted molar refractivity (Wildman–Crippen MR) is 108 cm³/mol. The summed E-state index contributed by atoms with van der Waals surface area (Å²) in [6.45, 7) is 1.91. The summed E-state index contributed by atoms with van der Waals surface area (Å²) in [5, 5.41) is 7.05. The molecule has 1 aromatic heterocycles. The van der Waals surface area contributed by atoms with E-state index in [2.05, 4.69) is 20.6 Å². The van der Waals surface area contributed by atoms with Crippen LogP contribution in [0.15, 0.2) is 41.3 Å². The number of aromatic nitrogens is 2. The molecule has 1 fully saturated rings. The third kappa shape index (κ3) is 3.40. The summed E-state index contributed by atoms with van der Waals surface area (Å²) in [5.74, 6) is 0.718. The van der Waals surface area contributed by atoms with Gasteiger partial charge in [0.05, 0.1) is 31.7 Å². The van der Waals surface area contributed by atoms with Crippen LogP contribution in [-0.2, 0) is 4.79 Å². The van der Waals surface area contributed by atoms with Crippen LogP contribution < -0.4 is 10.6 Å². The Morgan fingerprint density at radius 2 is 2.00 bits per heavy atom. The van der Waals surface area contributed by atoms with Crippen molar-refractivity contribution < 1.29 is 4.79 Å². The lowest BCUT2D eigenvalue weighted by Crippen LogP contribution is -2.31. The third-order valence-electron chi connectivity index (χ3n) is 3.89. The maximum atomic E-state index is 12.3. The molecule has 1 amide bonds. The van der Waals surface area contributed by atoms with Crippen molar-refractivity contribution in [2.24, 2.45) is 0 Å². The molecule has 3 N–H and O–H groups in total. The van der Waals surface area contributed by atoms with Gasteiger partial charge in [-0.2, -0.15) is 0 Å². The number of nitrogens with one attached hydrogen (secondary N) is 3. The molecule has 2 aromatic carbocycles. The van der Waals surface area contributed by atoms with Gasteiger partial charge in [-0.3, -0.25) is 4.79 Å². The Labute approximate surface area is 164 Å². The fraction of sp³-hybridized carbons (Fsp3) is 0.111. The molecule has 5 nitrogen and oxygen atoms in total. The highest BCUT2D eigenvalue weighted by Gasteiger charge is 2.28. The van der Waals surface area contributed by atoms with Gasteiger partial charge in [-0.1, -0.05) is 47.1 Å². The Morgan fingerprint density at radius 3 is 2.77 bits per heavy atom. The number of aryl methyl sites for hydroxylation is 1. The summed E-state index contributed by atoms with van der Waals surface area (Å²) in [6, 6.07) is 11.1. The molecule has 0 aliphatic carbocycles. The lowest BCUT2D eigenvalue weighted by atomic mass is 10.2. The van der Waals surface area contributed by atoms with Gasteiger partial charge < -0.3 is 15.6 Å². The van der Waals surface area contributed by atoms with Gasteiger partial charge in [0.1, 0.15) is 5.82 Å². The van der Waals surface area contributed by atoms with Crippen LogP contribution in [0.5, 0.6) is 0 Å². The van der Waals surface area contributed by atoms with E-state index >= 15 is 0 Å². The summed E-state index contributed by atoms with van der Waals surface area (Å²) < 4.78 is 0. The zero-order chi connectivity index (χ0) is 18.3. The summed E-state index contributed by atoms with van der Waals surface area (Å²) >= 11 is 13.7. The second kappa shape index (κ2) is 6.87. The maximum Gasteiger partial charge on any atom is 0.260 e. The Balaban J connectivity index is 1.56. The molecule has 1 saturated heterocycles. The minimum absolute atomic E-state index is 0.142. The van der Waals surface area contributed by atoms with E-state index < -0.39 is 0 Å². The lowest BCUT2D eigenvalue weighted by molar-refractivity contribution is -0.116. The highest BCUT2D eigenvalue weighted by molar-refractivity contribution is 8.05. The molecule has 1 aliphatic rings. The summed E-state index contributed by atoms with van der Waals surface area (Å²) in [4.78, 5) is 20.5. The lowest BCUT2D eigenvalue weighted by Gasteiger charge is -2.15. The van der Waals surface area contributed by atoms with E-state index in [-0.39, 0.29) is 11.4 Å². The first-order chi connectivity index (χ1) is 12.5. The van der Waals surface area contributed by atoms with E-state index in [1.54, 1.807) is 18.2 Å². The van der Waals surface area contributed by atoms with Crippen molar-refractivity contribution in [3.63, 3.8) is 0 Å². The number of hydrogen-bond acceptors (Lipinski definition) is 4. The van der Waals surface area contributed by atoms with Gasteiger partial charge in [-0.25, -0.2) is 4.98 Å². The molecule has 1 unspecified atom stereocenters. The van der Waals surface area contributed by atoms with Gasteiger partial charge in [-0.15, -0.1) is 0 Å². The topological polar surface area (TPSA) is 69.8 Å². The largest absolute Gasteiger partial charge is 0.354 e. The summed E-state index contributed by atoms with van der Waals surface area (Å²) in [7, 11) is 0. The van der Waals surface area contributed by atoms with Crippen LogP contribution in [0.3, 0.4) is 0 Å². The Kier molecular flexibility index (Phi) is 4.56. The molecule has 3 aromatic rings. The number of amides is 1. The van der Waals surface area contributed by atoms with Gasteiger partial charge in [0.25, 0.3) is 5.91 Å². The molecule has 2 heterocycles. The van der Waals surface area contributed by atoms with E-state index in [0.717, 1.165) is 22.4 Å². The zero-order valence-corrected chi connectivity index (χ0v) is 16.0. The molecule has 0 radical (unpaired) electrons. The molecule has 1 aliphatic heterocycles. The zero-order valence-electron chi connectivity index (χ0n) is 13.6. The first-order valence-corrected chi connectivity index (χ1v) is 9.49. The molecular weight excluding hydrogens is 391 g/mol. The van der Waals surface area contributed by atoms with Gasteiger partial charge in [0, 0.05) is 0 Å². The van der Waals surface area contributed by atoms with Crippen molar-refractivity contribution in [3.05, 3.63) is 62.7 Å². The maximum absolute atomic E-state index is 12.3. The SMILES string of the molecule is Cc1nc2ccc(C=C3SC(Nc4c(Cl)cccc4Cl)NC3=O)cc2[nH]1. The number of hydrogen-bond donors (Lipinski definition) is 3. The minimum atomic E-state index is -0.343. The third-order valence-corrected chi connectivity index (χ3v) is 5.55. The van der Waals surface area contributed by atoms with E-state index in [1.807, 2.05) is 31.2 Å². The van der Waals surface area contributed by atoms with Gasteiger partial charge >= 0.3 is 0 Å². The fourth-order valence-corrected chi connectivity index (χ4v) is 4.20. The highest BCUT2D eigenvalue weighted by Crippen LogP contribution is 2.35. The van der Waals surface area contributed by atoms with Crippen LogP contribution in [0, 0.1) is 6.92 Å². The fourth-order valence-electron chi connectivity index (χ4n) is 2.73. The smallest absolute Gasteiger partial charge is 0.260 e. The van der Waals surface area contributed by atoms with Gasteiger partial charge in [0.2, 0.25) is 0 Å². The van der Waals surface area contributed by atoms with Crippen molar-refractivity contribution >= 4 is 63.7 Å². The van der Waals surface area contributed by atoms with Crippen LogP contribution in [0.4, 0.5) is 5.69 Å². The molecule has 8 heteroatoms. The van der Waals surface area contributed by atoms with E-state index in [9.17, 15) is 4.79 Å². The van der Waals surface area contributed by atoms with Crippen molar-refractivity contribution in [2.75, 3.05) is 5.32 Å². The number of nitrogens with zero attached hydrogens (tertiary/aromatic N) is 1. The average Bonchev–Trinajstić information content (AvgIpc) is 3.12. The van der Waals surface area contributed by atoms with Crippen molar-refractivity contribution in [2.45, 2.75) is 12.4 Å². The van der Waals surface area contributed by atoms with E-state index in [1.165, 1.54) is 11.8 Å². The number of carbonyl (C=O) groups is 1. The number of anilines is 1. The van der Waals surface area contributed by atoms with Crippen LogP contribution in [-0.4, -0.2) is 21.4 Å². The molecule has 4 rings (SSSR count). The second-order valence-corrected chi connectivity index (χ2v) is 7.78. The van der Waals surface area contributed by atoms with Crippen molar-refractivity contribution in [1.29, 1.82) is 0 Å². The standard InChI is InChI=1S/C18H14Cl2N4OS/c1-9-21-13-6-5-10(7-14(13)22-9)8-15-17(25)24-18(26-15)23-16-11(19)3-2-4-12(16)20/h2-8,18,23H,1H3,(H,21,22)(H,24,25). The summed E-state index contributed by atoms with van der Waals surface area (Å²) in [5.41, 5.74) is 3.03. The van der Waals surface area contributed by atoms with Crippen LogP contribution >= 0.6 is 35.0 Å². The normalized spacial score (nSPS) is 18.5. The number of thioether (sulfide) groups is 1. The minimum Gasteiger partial charge on any atom is -0.354 e. The number of aromatic amines is 1. The van der Waals surface area contributed by atoms with Crippen LogP contribution in [0.2, 0.25) is 10.0 Å². The number of H-pyrrole nitrogens is 1. The van der Waals surface area contributed by atoms with Gasteiger partial charge in [0.15, 0.2) is 5.50 Å². The summed E-state index contributed by atoms with van der Waals surface area (Å²) in [6.07, 6.45) is 1.85. The molecule has 26 heavy (non-hydrogen) atoms. The van der Waals surface area contributed by atoms with Crippen LogP contribution in [0.25, 0.3) is 17.1 Å². The van der Waals surface area contributed by atoms with Crippen molar-refractivity contribution in [3.8, 4) is 0 Å². The molecule has 0 bridgehead atoms. The number of fused-ring (bicyclic) bond motifs is 1.